The second-order valence-electron chi connectivity index (χ2n) is 18.5. The van der Waals surface area contributed by atoms with E-state index in [-0.39, 0.29) is 44.1 Å². The van der Waals surface area contributed by atoms with Crippen molar-refractivity contribution in [2.45, 2.75) is 135 Å². The normalized spacial score (nSPS) is 15.0. The molecule has 0 unspecified atom stereocenters. The number of carbonyl (C=O) groups excluding carboxylic acids is 9. The number of rotatable bonds is 33. The van der Waals surface area contributed by atoms with Gasteiger partial charge in [-0.25, -0.2) is 4.98 Å². The van der Waals surface area contributed by atoms with Gasteiger partial charge in [-0.05, 0) is 43.1 Å². The van der Waals surface area contributed by atoms with Crippen molar-refractivity contribution in [2.24, 2.45) is 39.9 Å². The highest BCUT2D eigenvalue weighted by atomic mass is 16.4. The lowest BCUT2D eigenvalue weighted by atomic mass is 9.96. The number of aliphatic hydroxyl groups excluding tert-OH is 1. The van der Waals surface area contributed by atoms with E-state index in [0.29, 0.717) is 24.1 Å². The molecule has 0 saturated heterocycles. The van der Waals surface area contributed by atoms with Crippen molar-refractivity contribution in [3.63, 3.8) is 0 Å². The number of hydrogen-bond donors (Lipinski definition) is 15. The fraction of sp³-hybridized carbons (Fsp3) is 0.583. The Balaban J connectivity index is 2.28. The van der Waals surface area contributed by atoms with Crippen LogP contribution in [0.5, 0.6) is 0 Å². The standard InChI is InChI=1S/C48H77N15O12/c1-8-26(5)37(49)45(73)61-34(23-64)44(72)57-28(7)40(68)62-38(25(3)4)46(74)59-31(16-13-17-53-48(50)51)41(69)54-21-35(65)58-32(18-29-14-11-10-12-15-29)43(71)63-39(27(6)9-2)47(75)60-33(19-30-20-52-24-56-30)42(70)55-22-36(66)67/h10-12,14-15,20,24-28,31-34,37-39,64H,8-9,13,16-19,21-23,49H2,1-7H3,(H,52,56)(H,54,69)(H,55,70)(H,57,72)(H,58,65)(H,59,74)(H,60,75)(H,61,73)(H,62,68)(H,63,71)(H,66,67)(H4,50,51,53)/t26-,27-,28-,31-,32-,33-,34-,37-,38-,39-/m0/s1. The van der Waals surface area contributed by atoms with E-state index in [1.807, 2.05) is 6.92 Å². The molecule has 0 fully saturated rings. The third kappa shape index (κ3) is 22.5. The number of aliphatic carboxylic acids is 1. The van der Waals surface area contributed by atoms with Crippen LogP contribution >= 0.6 is 0 Å². The second-order valence-corrected chi connectivity index (χ2v) is 18.5. The van der Waals surface area contributed by atoms with E-state index in [1.54, 1.807) is 65.0 Å². The van der Waals surface area contributed by atoms with Crippen LogP contribution < -0.4 is 65.1 Å². The lowest BCUT2D eigenvalue weighted by Crippen LogP contribution is -2.60. The van der Waals surface area contributed by atoms with Gasteiger partial charge in [-0.15, -0.1) is 0 Å². The lowest BCUT2D eigenvalue weighted by molar-refractivity contribution is -0.138. The zero-order valence-electron chi connectivity index (χ0n) is 43.6. The van der Waals surface area contributed by atoms with E-state index in [4.69, 9.17) is 22.3 Å². The van der Waals surface area contributed by atoms with Crippen LogP contribution in [0.1, 0.15) is 85.4 Å². The van der Waals surface area contributed by atoms with Gasteiger partial charge in [0.05, 0.1) is 25.5 Å². The topological polar surface area (TPSA) is 439 Å². The van der Waals surface area contributed by atoms with E-state index in [2.05, 4.69) is 62.8 Å². The molecule has 0 bridgehead atoms. The van der Waals surface area contributed by atoms with E-state index in [9.17, 15) is 53.1 Å². The number of benzene rings is 1. The summed E-state index contributed by atoms with van der Waals surface area (Å²) in [6, 6.07) is -1.52. The summed E-state index contributed by atoms with van der Waals surface area (Å²) in [5.41, 5.74) is 18.0. The number of amides is 9. The molecule has 75 heavy (non-hydrogen) atoms. The van der Waals surface area contributed by atoms with Crippen LogP contribution in [0, 0.1) is 17.8 Å². The van der Waals surface area contributed by atoms with Crippen LogP contribution in [0.3, 0.4) is 0 Å². The first-order chi connectivity index (χ1) is 35.4. The van der Waals surface area contributed by atoms with E-state index in [0.717, 1.165) is 0 Å². The molecule has 0 spiro atoms. The van der Waals surface area contributed by atoms with E-state index in [1.165, 1.54) is 19.4 Å². The quantitative estimate of drug-likeness (QED) is 0.0184. The molecular weight excluding hydrogens is 979 g/mol. The van der Waals surface area contributed by atoms with Crippen molar-refractivity contribution in [1.29, 1.82) is 0 Å². The highest BCUT2D eigenvalue weighted by Gasteiger charge is 2.35. The molecule has 10 atom stereocenters. The Kier molecular flexibility index (Phi) is 27.5. The number of aliphatic imine (C=N–C) groups is 1. The number of nitrogens with one attached hydrogen (secondary N) is 10. The van der Waals surface area contributed by atoms with Crippen LogP contribution in [0.15, 0.2) is 47.8 Å². The Morgan fingerprint density at radius 2 is 1.20 bits per heavy atom. The number of nitrogens with zero attached hydrogens (tertiary/aromatic N) is 2. The molecule has 2 rings (SSSR count). The van der Waals surface area contributed by atoms with Crippen LogP contribution in [0.25, 0.3) is 0 Å². The highest BCUT2D eigenvalue weighted by Crippen LogP contribution is 2.13. The Morgan fingerprint density at radius 1 is 0.640 bits per heavy atom. The Morgan fingerprint density at radius 3 is 1.77 bits per heavy atom. The monoisotopic (exact) mass is 1060 g/mol. The van der Waals surface area contributed by atoms with Crippen molar-refractivity contribution < 1.29 is 58.2 Å². The van der Waals surface area contributed by atoms with E-state index >= 15 is 0 Å². The van der Waals surface area contributed by atoms with Gasteiger partial charge in [0.25, 0.3) is 0 Å². The molecule has 0 radical (unpaired) electrons. The summed E-state index contributed by atoms with van der Waals surface area (Å²) in [6.07, 6.45) is 3.69. The number of nitrogens with two attached hydrogens (primary N) is 3. The zero-order valence-corrected chi connectivity index (χ0v) is 43.6. The molecular formula is C48H77N15O12. The van der Waals surface area contributed by atoms with Gasteiger partial charge in [-0.2, -0.15) is 0 Å². The Bertz CT molecular complexity index is 2240. The Labute approximate surface area is 435 Å². The van der Waals surface area contributed by atoms with Gasteiger partial charge in [-0.3, -0.25) is 52.9 Å². The first-order valence-corrected chi connectivity index (χ1v) is 24.7. The molecule has 1 aromatic carbocycles. The summed E-state index contributed by atoms with van der Waals surface area (Å²) in [5.74, 6) is -10.1. The molecule has 0 aliphatic carbocycles. The first kappa shape index (κ1) is 63.4. The van der Waals surface area contributed by atoms with Crippen LogP contribution in [-0.4, -0.2) is 160 Å². The predicted molar refractivity (Wildman–Crippen MR) is 274 cm³/mol. The van der Waals surface area contributed by atoms with Gasteiger partial charge in [-0.1, -0.05) is 84.7 Å². The minimum Gasteiger partial charge on any atom is -0.480 e. The fourth-order valence-electron chi connectivity index (χ4n) is 7.12. The molecule has 18 N–H and O–H groups in total. The third-order valence-corrected chi connectivity index (χ3v) is 12.1. The molecule has 0 aliphatic rings. The summed E-state index contributed by atoms with van der Waals surface area (Å²) in [5, 5.41) is 41.6. The summed E-state index contributed by atoms with van der Waals surface area (Å²) in [4.78, 5) is 143. The summed E-state index contributed by atoms with van der Waals surface area (Å²) >= 11 is 0. The summed E-state index contributed by atoms with van der Waals surface area (Å²) in [6.45, 7) is 9.44. The maximum atomic E-state index is 14.2. The van der Waals surface area contributed by atoms with Crippen LogP contribution in [0.4, 0.5) is 0 Å². The average molecular weight is 1060 g/mol. The van der Waals surface area contributed by atoms with Gasteiger partial charge in [0.15, 0.2) is 5.96 Å². The predicted octanol–water partition coefficient (Wildman–Crippen LogP) is -3.95. The number of carboxylic acids is 1. The largest absolute Gasteiger partial charge is 0.480 e. The highest BCUT2D eigenvalue weighted by molar-refractivity contribution is 5.98. The average Bonchev–Trinajstić information content (AvgIpc) is 3.89. The van der Waals surface area contributed by atoms with E-state index < -0.39 is 139 Å². The number of H-pyrrole nitrogens is 1. The zero-order chi connectivity index (χ0) is 56.4. The summed E-state index contributed by atoms with van der Waals surface area (Å²) < 4.78 is 0. The van der Waals surface area contributed by atoms with Gasteiger partial charge >= 0.3 is 5.97 Å². The van der Waals surface area contributed by atoms with Gasteiger partial charge in [0.2, 0.25) is 53.2 Å². The summed E-state index contributed by atoms with van der Waals surface area (Å²) in [7, 11) is 0. The first-order valence-electron chi connectivity index (χ1n) is 24.7. The molecule has 0 saturated carbocycles. The molecule has 27 heteroatoms. The fourth-order valence-corrected chi connectivity index (χ4v) is 7.12. The minimum absolute atomic E-state index is 0.0532. The maximum Gasteiger partial charge on any atom is 0.322 e. The maximum absolute atomic E-state index is 14.2. The number of carbonyl (C=O) groups is 10. The molecule has 416 valence electrons. The van der Waals surface area contributed by atoms with Crippen molar-refractivity contribution in [3.05, 3.63) is 54.1 Å². The minimum atomic E-state index is -1.44. The SMILES string of the molecule is CC[C@H](C)[C@H](N)C(=O)N[C@@H](CO)C(=O)N[C@@H](C)C(=O)N[C@H](C(=O)N[C@@H](CCCN=C(N)N)C(=O)NCC(=O)N[C@@H](Cc1ccccc1)C(=O)N[C@H](C(=O)N[C@@H](Cc1cnc[nH]1)C(=O)NCC(=O)O)[C@@H](C)CC)C(C)C. The van der Waals surface area contributed by atoms with Crippen molar-refractivity contribution in [2.75, 3.05) is 26.2 Å². The molecule has 9 amide bonds. The number of aromatic amines is 1. The van der Waals surface area contributed by atoms with Crippen LogP contribution in [-0.2, 0) is 60.8 Å². The molecule has 1 aromatic heterocycles. The molecule has 1 heterocycles. The number of aromatic nitrogens is 2. The smallest absolute Gasteiger partial charge is 0.322 e. The molecule has 27 nitrogen and oxygen atoms in total. The Hall–Kier alpha value is -7.68. The molecule has 0 aliphatic heterocycles. The van der Waals surface area contributed by atoms with Gasteiger partial charge in [0.1, 0.15) is 48.8 Å². The van der Waals surface area contributed by atoms with Gasteiger partial charge < -0.3 is 80.2 Å². The number of guanidine groups is 1. The second kappa shape index (κ2) is 32.5. The van der Waals surface area contributed by atoms with Crippen LogP contribution in [0.2, 0.25) is 0 Å². The van der Waals surface area contributed by atoms with Crippen molar-refractivity contribution >= 4 is 65.1 Å². The number of imidazole rings is 1. The number of hydrogen-bond acceptors (Lipinski definition) is 14. The van der Waals surface area contributed by atoms with Crippen molar-refractivity contribution in [1.82, 2.24) is 57.8 Å². The van der Waals surface area contributed by atoms with Crippen molar-refractivity contribution in [3.8, 4) is 0 Å². The lowest BCUT2D eigenvalue weighted by Gasteiger charge is -2.28. The number of carboxylic acid groups (broad SMARTS) is 1. The number of aliphatic hydroxyl groups is 1. The third-order valence-electron chi connectivity index (χ3n) is 12.1. The molecule has 2 aromatic rings. The van der Waals surface area contributed by atoms with Gasteiger partial charge in [0, 0.05) is 31.3 Å².